The highest BCUT2D eigenvalue weighted by molar-refractivity contribution is 5.81. The van der Waals surface area contributed by atoms with Crippen molar-refractivity contribution in [3.05, 3.63) is 0 Å². The van der Waals surface area contributed by atoms with Gasteiger partial charge in [0.15, 0.2) is 0 Å². The van der Waals surface area contributed by atoms with Crippen LogP contribution in [0.15, 0.2) is 0 Å². The number of hydrogen-bond acceptors (Lipinski definition) is 3. The van der Waals surface area contributed by atoms with Gasteiger partial charge in [-0.15, -0.1) is 0 Å². The summed E-state index contributed by atoms with van der Waals surface area (Å²) in [6, 6.07) is 0.334. The first-order valence-electron chi connectivity index (χ1n) is 8.16. The molecule has 4 heteroatoms. The van der Waals surface area contributed by atoms with Gasteiger partial charge < -0.3 is 15.3 Å². The summed E-state index contributed by atoms with van der Waals surface area (Å²) in [5.74, 6) is 0.611. The first-order chi connectivity index (χ1) is 9.53. The van der Waals surface area contributed by atoms with Crippen LogP contribution in [0.3, 0.4) is 0 Å². The number of piperidine rings is 1. The Kier molecular flexibility index (Phi) is 6.23. The first kappa shape index (κ1) is 18.4. The molecule has 124 valence electrons. The maximum atomic E-state index is 12.6. The van der Waals surface area contributed by atoms with Crippen LogP contribution in [-0.2, 0) is 4.79 Å². The van der Waals surface area contributed by atoms with Gasteiger partial charge in [-0.2, -0.15) is 0 Å². The largest absolute Gasteiger partial charge is 0.396 e. The Labute approximate surface area is 130 Å². The molecule has 1 heterocycles. The van der Waals surface area contributed by atoms with Crippen molar-refractivity contribution in [1.29, 1.82) is 0 Å². The molecule has 1 fully saturated rings. The second-order valence-corrected chi connectivity index (χ2v) is 8.71. The van der Waals surface area contributed by atoms with Crippen LogP contribution in [0.2, 0.25) is 0 Å². The average molecular weight is 298 g/mol. The smallest absolute Gasteiger partial charge is 0.228 e. The highest BCUT2D eigenvalue weighted by atomic mass is 16.3. The number of nitrogens with zero attached hydrogens (tertiary/aromatic N) is 1. The molecule has 0 aromatic rings. The minimum atomic E-state index is -0.338. The van der Waals surface area contributed by atoms with E-state index < -0.39 is 0 Å². The van der Waals surface area contributed by atoms with E-state index in [4.69, 9.17) is 0 Å². The molecule has 0 saturated carbocycles. The zero-order chi connectivity index (χ0) is 16.3. The predicted octanol–water partition coefficient (Wildman–Crippen LogP) is 2.27. The van der Waals surface area contributed by atoms with E-state index in [2.05, 4.69) is 26.1 Å². The number of hydrogen-bond donors (Lipinski definition) is 2. The van der Waals surface area contributed by atoms with E-state index in [1.165, 1.54) is 0 Å². The number of nitrogens with one attached hydrogen (secondary N) is 1. The van der Waals surface area contributed by atoms with E-state index >= 15 is 0 Å². The van der Waals surface area contributed by atoms with Gasteiger partial charge >= 0.3 is 0 Å². The molecular weight excluding hydrogens is 264 g/mol. The molecule has 1 saturated heterocycles. The van der Waals surface area contributed by atoms with E-state index in [0.29, 0.717) is 12.0 Å². The maximum Gasteiger partial charge on any atom is 0.228 e. The van der Waals surface area contributed by atoms with E-state index in [1.54, 1.807) is 0 Å². The topological polar surface area (TPSA) is 52.6 Å². The van der Waals surface area contributed by atoms with Crippen molar-refractivity contribution in [2.24, 2.45) is 16.7 Å². The standard InChI is InChI=1S/C17H34N2O2/c1-16(2,3)12-18-14-9-13(7-8-20)10-19(11-14)15(21)17(4,5)6/h13-14,18,20H,7-12H2,1-6H3. The molecule has 2 atom stereocenters. The maximum absolute atomic E-state index is 12.6. The fraction of sp³-hybridized carbons (Fsp3) is 0.941. The number of amides is 1. The summed E-state index contributed by atoms with van der Waals surface area (Å²) in [5.41, 5.74) is -0.0987. The molecule has 0 aliphatic carbocycles. The normalized spacial score (nSPS) is 24.2. The fourth-order valence-corrected chi connectivity index (χ4v) is 2.83. The van der Waals surface area contributed by atoms with Gasteiger partial charge in [-0.25, -0.2) is 0 Å². The average Bonchev–Trinajstić information content (AvgIpc) is 2.33. The molecule has 0 radical (unpaired) electrons. The zero-order valence-electron chi connectivity index (χ0n) is 14.7. The Morgan fingerprint density at radius 1 is 1.19 bits per heavy atom. The summed E-state index contributed by atoms with van der Waals surface area (Å²) in [4.78, 5) is 14.5. The number of carbonyl (C=O) groups is 1. The lowest BCUT2D eigenvalue weighted by Crippen LogP contribution is -2.54. The third-order valence-corrected chi connectivity index (χ3v) is 3.92. The minimum Gasteiger partial charge on any atom is -0.396 e. The van der Waals surface area contributed by atoms with Gasteiger partial charge in [0, 0.05) is 37.7 Å². The number of aliphatic hydroxyl groups excluding tert-OH is 1. The third-order valence-electron chi connectivity index (χ3n) is 3.92. The monoisotopic (exact) mass is 298 g/mol. The van der Waals surface area contributed by atoms with Crippen LogP contribution in [0.1, 0.15) is 54.4 Å². The summed E-state index contributed by atoms with van der Waals surface area (Å²) in [6.07, 6.45) is 1.83. The van der Waals surface area contributed by atoms with Crippen LogP contribution in [0.25, 0.3) is 0 Å². The molecule has 0 aromatic carbocycles. The zero-order valence-corrected chi connectivity index (χ0v) is 14.7. The molecule has 0 bridgehead atoms. The van der Waals surface area contributed by atoms with Crippen LogP contribution in [0.5, 0.6) is 0 Å². The molecular formula is C17H34N2O2. The SMILES string of the molecule is CC(C)(C)CNC1CC(CCO)CN(C(=O)C(C)(C)C)C1. The summed E-state index contributed by atoms with van der Waals surface area (Å²) in [6.45, 7) is 15.3. The van der Waals surface area contributed by atoms with Gasteiger partial charge in [-0.1, -0.05) is 41.5 Å². The van der Waals surface area contributed by atoms with E-state index in [0.717, 1.165) is 32.5 Å². The Bertz CT molecular complexity index is 342. The molecule has 1 aliphatic rings. The van der Waals surface area contributed by atoms with Gasteiger partial charge in [0.2, 0.25) is 5.91 Å². The van der Waals surface area contributed by atoms with Gasteiger partial charge in [-0.3, -0.25) is 4.79 Å². The van der Waals surface area contributed by atoms with Crippen molar-refractivity contribution >= 4 is 5.91 Å². The lowest BCUT2D eigenvalue weighted by Gasteiger charge is -2.41. The van der Waals surface area contributed by atoms with Crippen LogP contribution in [0, 0.1) is 16.7 Å². The molecule has 0 aromatic heterocycles. The molecule has 1 rings (SSSR count). The minimum absolute atomic E-state index is 0.203. The van der Waals surface area contributed by atoms with Crippen molar-refractivity contribution in [2.45, 2.75) is 60.4 Å². The van der Waals surface area contributed by atoms with E-state index in [-0.39, 0.29) is 23.3 Å². The third kappa shape index (κ3) is 6.35. The number of likely N-dealkylation sites (tertiary alicyclic amines) is 1. The summed E-state index contributed by atoms with van der Waals surface area (Å²) in [5, 5.41) is 12.8. The molecule has 2 unspecified atom stereocenters. The van der Waals surface area contributed by atoms with Crippen LogP contribution >= 0.6 is 0 Å². The molecule has 1 aliphatic heterocycles. The lowest BCUT2D eigenvalue weighted by atomic mass is 9.87. The van der Waals surface area contributed by atoms with Crippen LogP contribution in [0.4, 0.5) is 0 Å². The van der Waals surface area contributed by atoms with Gasteiger partial charge in [0.1, 0.15) is 0 Å². The van der Waals surface area contributed by atoms with Crippen molar-refractivity contribution in [1.82, 2.24) is 10.2 Å². The molecule has 1 amide bonds. The fourth-order valence-electron chi connectivity index (χ4n) is 2.83. The van der Waals surface area contributed by atoms with E-state index in [1.807, 2.05) is 25.7 Å². The quantitative estimate of drug-likeness (QED) is 0.837. The Morgan fingerprint density at radius 3 is 2.29 bits per heavy atom. The number of rotatable bonds is 4. The van der Waals surface area contributed by atoms with Gasteiger partial charge in [-0.05, 0) is 24.2 Å². The molecule has 21 heavy (non-hydrogen) atoms. The molecule has 2 N–H and O–H groups in total. The van der Waals surface area contributed by atoms with Gasteiger partial charge in [0.25, 0.3) is 0 Å². The highest BCUT2D eigenvalue weighted by Crippen LogP contribution is 2.25. The number of aliphatic hydroxyl groups is 1. The van der Waals surface area contributed by atoms with Gasteiger partial charge in [0.05, 0.1) is 0 Å². The number of carbonyl (C=O) groups excluding carboxylic acids is 1. The second-order valence-electron chi connectivity index (χ2n) is 8.71. The Morgan fingerprint density at radius 2 is 1.81 bits per heavy atom. The first-order valence-corrected chi connectivity index (χ1v) is 8.16. The van der Waals surface area contributed by atoms with Crippen LogP contribution in [-0.4, -0.2) is 48.2 Å². The Hall–Kier alpha value is -0.610. The van der Waals surface area contributed by atoms with Crippen molar-refractivity contribution < 1.29 is 9.90 Å². The predicted molar refractivity (Wildman–Crippen MR) is 87.1 cm³/mol. The Balaban J connectivity index is 2.70. The summed E-state index contributed by atoms with van der Waals surface area (Å²) in [7, 11) is 0. The molecule has 4 nitrogen and oxygen atoms in total. The van der Waals surface area contributed by atoms with Crippen molar-refractivity contribution in [3.8, 4) is 0 Å². The van der Waals surface area contributed by atoms with Crippen molar-refractivity contribution in [2.75, 3.05) is 26.2 Å². The molecule has 0 spiro atoms. The highest BCUT2D eigenvalue weighted by Gasteiger charge is 2.34. The van der Waals surface area contributed by atoms with Crippen LogP contribution < -0.4 is 5.32 Å². The summed E-state index contributed by atoms with van der Waals surface area (Å²) < 4.78 is 0. The summed E-state index contributed by atoms with van der Waals surface area (Å²) >= 11 is 0. The van der Waals surface area contributed by atoms with E-state index in [9.17, 15) is 9.90 Å². The van der Waals surface area contributed by atoms with Crippen molar-refractivity contribution in [3.63, 3.8) is 0 Å². The lowest BCUT2D eigenvalue weighted by molar-refractivity contribution is -0.142. The second kappa shape index (κ2) is 7.10.